The number of esters is 1. The fraction of sp³-hybridized carbons (Fsp3) is 0.600. The summed E-state index contributed by atoms with van der Waals surface area (Å²) in [5.74, 6) is -1.51. The lowest BCUT2D eigenvalue weighted by Crippen LogP contribution is -2.63. The minimum atomic E-state index is -1.08. The third kappa shape index (κ3) is 2.56. The highest BCUT2D eigenvalue weighted by atomic mass is 16.6. The Hall–Kier alpha value is -1.88. The number of aliphatic hydroxyl groups is 1. The van der Waals surface area contributed by atoms with E-state index >= 15 is 0 Å². The lowest BCUT2D eigenvalue weighted by Gasteiger charge is -2.52. The van der Waals surface area contributed by atoms with Crippen LogP contribution >= 0.6 is 0 Å². The Morgan fingerprint density at radius 1 is 1.40 bits per heavy atom. The molecule has 136 valence electrons. The van der Waals surface area contributed by atoms with Gasteiger partial charge in [0.1, 0.15) is 11.0 Å². The number of aliphatic carboxylic acids is 1. The number of hydrogen-bond acceptors (Lipinski definition) is 4. The molecule has 0 aromatic rings. The van der Waals surface area contributed by atoms with E-state index in [-0.39, 0.29) is 17.5 Å². The third-order valence-electron chi connectivity index (χ3n) is 6.47. The number of allylic oxidation sites excluding steroid dienone is 4. The number of cyclic esters (lactones) is 1. The van der Waals surface area contributed by atoms with Crippen molar-refractivity contribution in [2.24, 2.45) is 11.3 Å². The maximum Gasteiger partial charge on any atom is 0.331 e. The van der Waals surface area contributed by atoms with Crippen LogP contribution in [-0.4, -0.2) is 33.4 Å². The minimum absolute atomic E-state index is 0.188. The van der Waals surface area contributed by atoms with Gasteiger partial charge in [-0.2, -0.15) is 0 Å². The molecule has 1 unspecified atom stereocenters. The van der Waals surface area contributed by atoms with Gasteiger partial charge in [0, 0.05) is 11.5 Å². The fourth-order valence-electron chi connectivity index (χ4n) is 4.81. The first kappa shape index (κ1) is 17.9. The summed E-state index contributed by atoms with van der Waals surface area (Å²) in [6, 6.07) is 0. The van der Waals surface area contributed by atoms with E-state index in [1.165, 1.54) is 18.6 Å². The van der Waals surface area contributed by atoms with E-state index in [1.807, 2.05) is 13.8 Å². The molecule has 0 amide bonds. The number of ether oxygens (including phenoxy) is 1. The van der Waals surface area contributed by atoms with Crippen LogP contribution in [0.1, 0.15) is 52.9 Å². The molecule has 0 spiro atoms. The van der Waals surface area contributed by atoms with Crippen LogP contribution in [0.5, 0.6) is 0 Å². The molecule has 25 heavy (non-hydrogen) atoms. The number of carboxylic acids is 1. The molecule has 4 atom stereocenters. The van der Waals surface area contributed by atoms with Crippen molar-refractivity contribution in [3.63, 3.8) is 0 Å². The normalized spacial score (nSPS) is 41.1. The molecule has 2 aliphatic carbocycles. The Balaban J connectivity index is 1.97. The van der Waals surface area contributed by atoms with Gasteiger partial charge in [-0.3, -0.25) is 4.79 Å². The van der Waals surface area contributed by atoms with Gasteiger partial charge in [0.25, 0.3) is 0 Å². The molecular weight excluding hydrogens is 320 g/mol. The molecule has 1 aliphatic heterocycles. The van der Waals surface area contributed by atoms with Gasteiger partial charge in [-0.05, 0) is 59.0 Å². The van der Waals surface area contributed by atoms with Gasteiger partial charge in [0.15, 0.2) is 0 Å². The molecule has 3 aliphatic rings. The van der Waals surface area contributed by atoms with E-state index in [1.54, 1.807) is 12.2 Å². The molecule has 3 rings (SSSR count). The zero-order chi connectivity index (χ0) is 18.5. The summed E-state index contributed by atoms with van der Waals surface area (Å²) in [6.45, 7) is 5.36. The SMILES string of the molecule is CC1=CC[C@@]23CCC([C@@](C)(C=CC=C(C)C(=O)O)OC2=O)[C@@]3(O)CC1. The van der Waals surface area contributed by atoms with Crippen LogP contribution in [0.25, 0.3) is 0 Å². The monoisotopic (exact) mass is 346 g/mol. The quantitative estimate of drug-likeness (QED) is 0.355. The number of carbonyl (C=O) groups excluding carboxylic acids is 1. The standard InChI is InChI=1S/C20H26O5/c1-13-6-10-19-11-8-15(20(19,24)12-7-13)18(3,25-17(19)23)9-4-5-14(2)16(21)22/h4-6,9,15,24H,7-8,10-12H2,1-3H3,(H,21,22)/t15?,18-,19-,20+/m1/s1. The predicted molar refractivity (Wildman–Crippen MR) is 92.7 cm³/mol. The van der Waals surface area contributed by atoms with E-state index in [0.717, 1.165) is 12.8 Å². The molecule has 2 bridgehead atoms. The first-order chi connectivity index (χ1) is 11.6. The second-order valence-electron chi connectivity index (χ2n) is 7.94. The largest absolute Gasteiger partial charge is 0.478 e. The predicted octanol–water partition coefficient (Wildman–Crippen LogP) is 3.15. The van der Waals surface area contributed by atoms with Crippen molar-refractivity contribution in [3.8, 4) is 0 Å². The van der Waals surface area contributed by atoms with Gasteiger partial charge in [0.2, 0.25) is 0 Å². The van der Waals surface area contributed by atoms with Gasteiger partial charge < -0.3 is 14.9 Å². The molecule has 1 saturated heterocycles. The average molecular weight is 346 g/mol. The summed E-state index contributed by atoms with van der Waals surface area (Å²) in [7, 11) is 0. The number of carbonyl (C=O) groups is 2. The van der Waals surface area contributed by atoms with E-state index in [2.05, 4.69) is 6.08 Å². The second-order valence-corrected chi connectivity index (χ2v) is 7.94. The molecule has 5 heteroatoms. The molecule has 2 fully saturated rings. The van der Waals surface area contributed by atoms with Crippen LogP contribution < -0.4 is 0 Å². The zero-order valence-corrected chi connectivity index (χ0v) is 15.0. The van der Waals surface area contributed by atoms with Crippen molar-refractivity contribution >= 4 is 11.9 Å². The first-order valence-electron chi connectivity index (χ1n) is 8.85. The molecule has 0 aromatic heterocycles. The molecule has 0 radical (unpaired) electrons. The van der Waals surface area contributed by atoms with Crippen molar-refractivity contribution in [1.82, 2.24) is 0 Å². The topological polar surface area (TPSA) is 83.8 Å². The summed E-state index contributed by atoms with van der Waals surface area (Å²) in [4.78, 5) is 23.9. The Kier molecular flexibility index (Phi) is 4.18. The number of carboxylic acid groups (broad SMARTS) is 1. The van der Waals surface area contributed by atoms with Crippen LogP contribution in [0.3, 0.4) is 0 Å². The number of rotatable bonds is 3. The zero-order valence-electron chi connectivity index (χ0n) is 15.0. The summed E-state index contributed by atoms with van der Waals surface area (Å²) < 4.78 is 5.83. The smallest absolute Gasteiger partial charge is 0.331 e. The highest BCUT2D eigenvalue weighted by Crippen LogP contribution is 2.63. The van der Waals surface area contributed by atoms with Gasteiger partial charge in [-0.25, -0.2) is 4.79 Å². The molecular formula is C20H26O5. The van der Waals surface area contributed by atoms with Crippen molar-refractivity contribution in [2.45, 2.75) is 64.1 Å². The van der Waals surface area contributed by atoms with Crippen LogP contribution in [-0.2, 0) is 14.3 Å². The molecule has 1 heterocycles. The Morgan fingerprint density at radius 2 is 2.12 bits per heavy atom. The van der Waals surface area contributed by atoms with Crippen LogP contribution in [0.4, 0.5) is 0 Å². The Bertz CT molecular complexity index is 703. The second kappa shape index (κ2) is 5.84. The maximum absolute atomic E-state index is 12.9. The van der Waals surface area contributed by atoms with Crippen LogP contribution in [0.2, 0.25) is 0 Å². The van der Waals surface area contributed by atoms with Gasteiger partial charge >= 0.3 is 11.9 Å². The lowest BCUT2D eigenvalue weighted by molar-refractivity contribution is -0.224. The fourth-order valence-corrected chi connectivity index (χ4v) is 4.81. The van der Waals surface area contributed by atoms with Crippen molar-refractivity contribution in [3.05, 3.63) is 35.5 Å². The van der Waals surface area contributed by atoms with E-state index in [0.29, 0.717) is 19.3 Å². The summed E-state index contributed by atoms with van der Waals surface area (Å²) in [5.41, 5.74) is -1.44. The minimum Gasteiger partial charge on any atom is -0.478 e. The summed E-state index contributed by atoms with van der Waals surface area (Å²) >= 11 is 0. The van der Waals surface area contributed by atoms with Gasteiger partial charge in [0.05, 0.1) is 5.60 Å². The average Bonchev–Trinajstić information content (AvgIpc) is 2.69. The van der Waals surface area contributed by atoms with Crippen LogP contribution in [0, 0.1) is 11.3 Å². The lowest BCUT2D eigenvalue weighted by atomic mass is 9.62. The maximum atomic E-state index is 12.9. The first-order valence-corrected chi connectivity index (χ1v) is 8.85. The number of hydrogen-bond donors (Lipinski definition) is 2. The van der Waals surface area contributed by atoms with Crippen molar-refractivity contribution in [2.75, 3.05) is 0 Å². The van der Waals surface area contributed by atoms with Crippen LogP contribution in [0.15, 0.2) is 35.5 Å². The molecule has 0 aromatic carbocycles. The van der Waals surface area contributed by atoms with Crippen molar-refractivity contribution < 1.29 is 24.5 Å². The third-order valence-corrected chi connectivity index (χ3v) is 6.47. The van der Waals surface area contributed by atoms with Gasteiger partial charge in [-0.1, -0.05) is 23.8 Å². The molecule has 1 saturated carbocycles. The van der Waals surface area contributed by atoms with Gasteiger partial charge in [-0.15, -0.1) is 0 Å². The van der Waals surface area contributed by atoms with E-state index < -0.39 is 22.6 Å². The van der Waals surface area contributed by atoms with E-state index in [4.69, 9.17) is 9.84 Å². The summed E-state index contributed by atoms with van der Waals surface area (Å²) in [5, 5.41) is 20.6. The Labute approximate surface area is 148 Å². The molecule has 2 N–H and O–H groups in total. The summed E-state index contributed by atoms with van der Waals surface area (Å²) in [6.07, 6.45) is 10.1. The highest BCUT2D eigenvalue weighted by molar-refractivity contribution is 5.86. The highest BCUT2D eigenvalue weighted by Gasteiger charge is 2.71. The van der Waals surface area contributed by atoms with E-state index in [9.17, 15) is 14.7 Å². The Morgan fingerprint density at radius 3 is 2.80 bits per heavy atom. The van der Waals surface area contributed by atoms with Crippen molar-refractivity contribution in [1.29, 1.82) is 0 Å². The molecule has 5 nitrogen and oxygen atoms in total.